The fraction of sp³-hybridized carbons (Fsp3) is 0.231. The van der Waals surface area contributed by atoms with Crippen LogP contribution in [0.25, 0.3) is 0 Å². The Balaban J connectivity index is 2.11. The number of aryl methyl sites for hydroxylation is 2. The van der Waals surface area contributed by atoms with Gasteiger partial charge in [-0.3, -0.25) is 0 Å². The van der Waals surface area contributed by atoms with Crippen LogP contribution >= 0.6 is 0 Å². The minimum Gasteiger partial charge on any atom is -0.478 e. The molecule has 0 saturated carbocycles. The molecule has 0 bridgehead atoms. The van der Waals surface area contributed by atoms with Crippen molar-refractivity contribution in [2.24, 2.45) is 0 Å². The Hall–Kier alpha value is -2.50. The van der Waals surface area contributed by atoms with Gasteiger partial charge in [0, 0.05) is 11.4 Å². The summed E-state index contributed by atoms with van der Waals surface area (Å²) in [5.74, 6) is 0.285. The van der Waals surface area contributed by atoms with Crippen LogP contribution in [0.3, 0.4) is 0 Å². The zero-order valence-corrected chi connectivity index (χ0v) is 10.7. The highest BCUT2D eigenvalue weighted by atomic mass is 16.4. The lowest BCUT2D eigenvalue weighted by Crippen LogP contribution is -2.05. The van der Waals surface area contributed by atoms with E-state index in [0.717, 1.165) is 11.5 Å². The Morgan fingerprint density at radius 1 is 1.47 bits per heavy atom. The lowest BCUT2D eigenvalue weighted by molar-refractivity contribution is 0.0698. The molecule has 6 nitrogen and oxygen atoms in total. The molecule has 2 rings (SSSR count). The molecule has 0 aliphatic carbocycles. The summed E-state index contributed by atoms with van der Waals surface area (Å²) in [5, 5.41) is 12.0. The van der Waals surface area contributed by atoms with Crippen LogP contribution < -0.4 is 11.1 Å². The van der Waals surface area contributed by atoms with E-state index in [1.807, 2.05) is 13.8 Å². The molecule has 0 radical (unpaired) electrons. The summed E-state index contributed by atoms with van der Waals surface area (Å²) in [5.41, 5.74) is 7.39. The average Bonchev–Trinajstić information content (AvgIpc) is 2.67. The monoisotopic (exact) mass is 261 g/mol. The third-order valence-corrected chi connectivity index (χ3v) is 2.80. The molecule has 1 heterocycles. The van der Waals surface area contributed by atoms with Crippen molar-refractivity contribution in [1.82, 2.24) is 4.98 Å². The SMILES string of the molecule is Cc1nc(CNc2ccc(N)c(C(=O)O)c2)oc1C. The molecule has 19 heavy (non-hydrogen) atoms. The van der Waals surface area contributed by atoms with Gasteiger partial charge in [-0.25, -0.2) is 9.78 Å². The second-order valence-corrected chi connectivity index (χ2v) is 4.21. The molecule has 0 aliphatic rings. The van der Waals surface area contributed by atoms with Crippen molar-refractivity contribution in [1.29, 1.82) is 0 Å². The number of nitrogens with two attached hydrogens (primary N) is 1. The number of nitrogen functional groups attached to an aromatic ring is 1. The number of aromatic nitrogens is 1. The van der Waals surface area contributed by atoms with E-state index in [0.29, 0.717) is 18.1 Å². The van der Waals surface area contributed by atoms with Crippen molar-refractivity contribution in [2.45, 2.75) is 20.4 Å². The van der Waals surface area contributed by atoms with Crippen LogP contribution in [0.2, 0.25) is 0 Å². The molecule has 1 aromatic carbocycles. The first-order valence-corrected chi connectivity index (χ1v) is 5.77. The predicted octanol–water partition coefficient (Wildman–Crippen LogP) is 2.18. The maximum atomic E-state index is 11.0. The van der Waals surface area contributed by atoms with E-state index in [-0.39, 0.29) is 11.3 Å². The summed E-state index contributed by atoms with van der Waals surface area (Å²) >= 11 is 0. The quantitative estimate of drug-likeness (QED) is 0.729. The van der Waals surface area contributed by atoms with Gasteiger partial charge < -0.3 is 20.6 Å². The molecular weight excluding hydrogens is 246 g/mol. The third kappa shape index (κ3) is 2.85. The molecular formula is C13H15N3O3. The highest BCUT2D eigenvalue weighted by Crippen LogP contribution is 2.19. The number of carboxylic acids is 1. The normalized spacial score (nSPS) is 10.4. The van der Waals surface area contributed by atoms with Crippen molar-refractivity contribution in [3.63, 3.8) is 0 Å². The maximum absolute atomic E-state index is 11.0. The smallest absolute Gasteiger partial charge is 0.337 e. The lowest BCUT2D eigenvalue weighted by atomic mass is 10.1. The van der Waals surface area contributed by atoms with Gasteiger partial charge >= 0.3 is 5.97 Å². The van der Waals surface area contributed by atoms with Gasteiger partial charge in [0.2, 0.25) is 5.89 Å². The minimum atomic E-state index is -1.05. The summed E-state index contributed by atoms with van der Waals surface area (Å²) in [7, 11) is 0. The number of nitrogens with one attached hydrogen (secondary N) is 1. The van der Waals surface area contributed by atoms with Crippen LogP contribution in [-0.4, -0.2) is 16.1 Å². The lowest BCUT2D eigenvalue weighted by Gasteiger charge is -2.06. The fourth-order valence-electron chi connectivity index (χ4n) is 1.64. The molecule has 0 saturated heterocycles. The number of carbonyl (C=O) groups is 1. The number of hydrogen-bond donors (Lipinski definition) is 3. The first-order valence-electron chi connectivity index (χ1n) is 5.77. The Bertz CT molecular complexity index is 600. The van der Waals surface area contributed by atoms with Crippen LogP contribution in [0, 0.1) is 13.8 Å². The maximum Gasteiger partial charge on any atom is 0.337 e. The van der Waals surface area contributed by atoms with Gasteiger partial charge in [0.1, 0.15) is 5.76 Å². The van der Waals surface area contributed by atoms with Crippen molar-refractivity contribution in [2.75, 3.05) is 11.1 Å². The molecule has 1 aromatic heterocycles. The minimum absolute atomic E-state index is 0.0739. The fourth-order valence-corrected chi connectivity index (χ4v) is 1.64. The Morgan fingerprint density at radius 3 is 2.79 bits per heavy atom. The summed E-state index contributed by atoms with van der Waals surface area (Å²) < 4.78 is 5.42. The van der Waals surface area contributed by atoms with Crippen LogP contribution in [0.5, 0.6) is 0 Å². The summed E-state index contributed by atoms with van der Waals surface area (Å²) in [6.07, 6.45) is 0. The highest BCUT2D eigenvalue weighted by Gasteiger charge is 2.09. The number of benzene rings is 1. The number of oxazole rings is 1. The van der Waals surface area contributed by atoms with Crippen molar-refractivity contribution in [3.8, 4) is 0 Å². The Kier molecular flexibility index (Phi) is 3.41. The molecule has 0 aliphatic heterocycles. The van der Waals surface area contributed by atoms with Crippen molar-refractivity contribution >= 4 is 17.3 Å². The van der Waals surface area contributed by atoms with Gasteiger partial charge in [-0.05, 0) is 32.0 Å². The van der Waals surface area contributed by atoms with Gasteiger partial charge in [-0.15, -0.1) is 0 Å². The van der Waals surface area contributed by atoms with Crippen LogP contribution in [0.1, 0.15) is 27.7 Å². The zero-order valence-electron chi connectivity index (χ0n) is 10.7. The molecule has 100 valence electrons. The third-order valence-electron chi connectivity index (χ3n) is 2.80. The molecule has 6 heteroatoms. The van der Waals surface area contributed by atoms with E-state index >= 15 is 0 Å². The summed E-state index contributed by atoms with van der Waals surface area (Å²) in [4.78, 5) is 15.2. The second-order valence-electron chi connectivity index (χ2n) is 4.21. The van der Waals surface area contributed by atoms with E-state index < -0.39 is 5.97 Å². The number of rotatable bonds is 4. The molecule has 0 atom stereocenters. The standard InChI is InChI=1S/C13H15N3O3/c1-7-8(2)19-12(16-7)6-15-9-3-4-11(14)10(5-9)13(17)18/h3-5,15H,6,14H2,1-2H3,(H,17,18). The van der Waals surface area contributed by atoms with E-state index in [2.05, 4.69) is 10.3 Å². The number of anilines is 2. The van der Waals surface area contributed by atoms with E-state index in [4.69, 9.17) is 15.3 Å². The molecule has 0 fully saturated rings. The zero-order chi connectivity index (χ0) is 14.0. The number of hydrogen-bond acceptors (Lipinski definition) is 5. The summed E-state index contributed by atoms with van der Waals surface area (Å²) in [6, 6.07) is 4.75. The Labute approximate surface area is 110 Å². The van der Waals surface area contributed by atoms with Crippen molar-refractivity contribution in [3.05, 3.63) is 41.1 Å². The first kappa shape index (κ1) is 12.9. The molecule has 0 spiro atoms. The van der Waals surface area contributed by atoms with Gasteiger partial charge in [0.05, 0.1) is 17.8 Å². The van der Waals surface area contributed by atoms with Crippen LogP contribution in [0.4, 0.5) is 11.4 Å². The second kappa shape index (κ2) is 5.01. The van der Waals surface area contributed by atoms with Crippen LogP contribution in [0.15, 0.2) is 22.6 Å². The van der Waals surface area contributed by atoms with E-state index in [1.54, 1.807) is 12.1 Å². The highest BCUT2D eigenvalue weighted by molar-refractivity contribution is 5.94. The number of aromatic carboxylic acids is 1. The molecule has 4 N–H and O–H groups in total. The van der Waals surface area contributed by atoms with Gasteiger partial charge in [-0.1, -0.05) is 0 Å². The number of nitrogens with zero attached hydrogens (tertiary/aromatic N) is 1. The Morgan fingerprint density at radius 2 is 2.21 bits per heavy atom. The number of carboxylic acid groups (broad SMARTS) is 1. The van der Waals surface area contributed by atoms with E-state index in [9.17, 15) is 4.79 Å². The average molecular weight is 261 g/mol. The van der Waals surface area contributed by atoms with Crippen LogP contribution in [-0.2, 0) is 6.54 Å². The van der Waals surface area contributed by atoms with Crippen molar-refractivity contribution < 1.29 is 14.3 Å². The molecule has 0 amide bonds. The topological polar surface area (TPSA) is 101 Å². The molecule has 2 aromatic rings. The predicted molar refractivity (Wildman–Crippen MR) is 71.1 cm³/mol. The largest absolute Gasteiger partial charge is 0.478 e. The first-order chi connectivity index (χ1) is 8.97. The molecule has 0 unspecified atom stereocenters. The van der Waals surface area contributed by atoms with Gasteiger partial charge in [0.15, 0.2) is 0 Å². The van der Waals surface area contributed by atoms with Gasteiger partial charge in [0.25, 0.3) is 0 Å². The summed E-state index contributed by atoms with van der Waals surface area (Å²) in [6.45, 7) is 4.10. The van der Waals surface area contributed by atoms with Gasteiger partial charge in [-0.2, -0.15) is 0 Å². The van der Waals surface area contributed by atoms with E-state index in [1.165, 1.54) is 6.07 Å².